The van der Waals surface area contributed by atoms with E-state index in [1.165, 1.54) is 0 Å². The second-order valence-electron chi connectivity index (χ2n) is 4.28. The van der Waals surface area contributed by atoms with E-state index in [9.17, 15) is 4.79 Å². The molecule has 100 valence electrons. The molecular weight excluding hydrogens is 254 g/mol. The summed E-state index contributed by atoms with van der Waals surface area (Å²) in [5.41, 5.74) is 0.279. The molecule has 3 aromatic rings. The van der Waals surface area contributed by atoms with Gasteiger partial charge in [0.1, 0.15) is 12.1 Å². The molecule has 5 nitrogen and oxygen atoms in total. The van der Waals surface area contributed by atoms with Crippen molar-refractivity contribution in [3.63, 3.8) is 0 Å². The summed E-state index contributed by atoms with van der Waals surface area (Å²) in [6.45, 7) is 2.10. The molecule has 0 radical (unpaired) electrons. The van der Waals surface area contributed by atoms with Gasteiger partial charge in [0.05, 0.1) is 6.61 Å². The highest BCUT2D eigenvalue weighted by atomic mass is 16.5. The van der Waals surface area contributed by atoms with Gasteiger partial charge in [0.15, 0.2) is 5.69 Å². The van der Waals surface area contributed by atoms with Crippen molar-refractivity contribution in [2.75, 3.05) is 6.61 Å². The lowest BCUT2D eigenvalue weighted by Crippen LogP contribution is -2.04. The summed E-state index contributed by atoms with van der Waals surface area (Å²) in [4.78, 5) is 20.0. The van der Waals surface area contributed by atoms with Crippen LogP contribution in [0.5, 0.6) is 0 Å². The molecule has 1 aromatic carbocycles. The molecule has 0 aliphatic carbocycles. The first kappa shape index (κ1) is 12.3. The van der Waals surface area contributed by atoms with Crippen LogP contribution in [-0.4, -0.2) is 27.1 Å². The van der Waals surface area contributed by atoms with Crippen LogP contribution in [0, 0.1) is 0 Å². The summed E-state index contributed by atoms with van der Waals surface area (Å²) in [7, 11) is 0. The SMILES string of the molecule is CCOC(=O)c1cn(-c2cc3ccccc3cn2)cn1. The number of rotatable bonds is 3. The van der Waals surface area contributed by atoms with Crippen LogP contribution in [0.4, 0.5) is 0 Å². The molecule has 5 heteroatoms. The lowest BCUT2D eigenvalue weighted by Gasteiger charge is -2.02. The zero-order chi connectivity index (χ0) is 13.9. The second-order valence-corrected chi connectivity index (χ2v) is 4.28. The number of imidazole rings is 1. The van der Waals surface area contributed by atoms with Crippen molar-refractivity contribution in [2.24, 2.45) is 0 Å². The van der Waals surface area contributed by atoms with Gasteiger partial charge in [-0.3, -0.25) is 4.57 Å². The van der Waals surface area contributed by atoms with E-state index in [1.54, 1.807) is 30.2 Å². The van der Waals surface area contributed by atoms with E-state index in [-0.39, 0.29) is 5.69 Å². The van der Waals surface area contributed by atoms with Crippen LogP contribution in [0.1, 0.15) is 17.4 Å². The van der Waals surface area contributed by atoms with Crippen LogP contribution in [0.15, 0.2) is 49.1 Å². The Balaban J connectivity index is 1.96. The molecule has 0 aliphatic rings. The zero-order valence-electron chi connectivity index (χ0n) is 11.0. The third kappa shape index (κ3) is 2.25. The molecule has 0 fully saturated rings. The van der Waals surface area contributed by atoms with Crippen LogP contribution >= 0.6 is 0 Å². The fraction of sp³-hybridized carbons (Fsp3) is 0.133. The molecule has 0 N–H and O–H groups in total. The number of esters is 1. The molecule has 0 unspecified atom stereocenters. The Kier molecular flexibility index (Phi) is 3.16. The maximum atomic E-state index is 11.6. The molecule has 0 bridgehead atoms. The maximum Gasteiger partial charge on any atom is 0.358 e. The number of aromatic nitrogens is 3. The largest absolute Gasteiger partial charge is 0.461 e. The molecule has 3 rings (SSSR count). The molecule has 0 saturated carbocycles. The molecule has 0 amide bonds. The standard InChI is InChI=1S/C15H13N3O2/c1-2-20-15(19)13-9-18(10-17-13)14-7-11-5-3-4-6-12(11)8-16-14/h3-10H,2H2,1H3. The van der Waals surface area contributed by atoms with Gasteiger partial charge in [0, 0.05) is 17.8 Å². The molecule has 2 heterocycles. The molecule has 2 aromatic heterocycles. The van der Waals surface area contributed by atoms with Crippen LogP contribution < -0.4 is 0 Å². The van der Waals surface area contributed by atoms with E-state index in [0.29, 0.717) is 12.4 Å². The number of nitrogens with zero attached hydrogens (tertiary/aromatic N) is 3. The van der Waals surface area contributed by atoms with Crippen LogP contribution in [0.25, 0.3) is 16.6 Å². The summed E-state index contributed by atoms with van der Waals surface area (Å²) < 4.78 is 6.62. The predicted octanol–water partition coefficient (Wildman–Crippen LogP) is 2.60. The van der Waals surface area contributed by atoms with Crippen molar-refractivity contribution in [3.05, 3.63) is 54.7 Å². The lowest BCUT2D eigenvalue weighted by molar-refractivity contribution is 0.0520. The summed E-state index contributed by atoms with van der Waals surface area (Å²) >= 11 is 0. The first-order valence-electron chi connectivity index (χ1n) is 6.34. The smallest absolute Gasteiger partial charge is 0.358 e. The molecule has 0 atom stereocenters. The van der Waals surface area contributed by atoms with Crippen molar-refractivity contribution >= 4 is 16.7 Å². The average Bonchev–Trinajstić information content (AvgIpc) is 2.97. The van der Waals surface area contributed by atoms with Crippen LogP contribution in [0.2, 0.25) is 0 Å². The van der Waals surface area contributed by atoms with Gasteiger partial charge >= 0.3 is 5.97 Å². The topological polar surface area (TPSA) is 57.0 Å². The monoisotopic (exact) mass is 267 g/mol. The highest BCUT2D eigenvalue weighted by Crippen LogP contribution is 2.16. The van der Waals surface area contributed by atoms with Crippen molar-refractivity contribution in [1.82, 2.24) is 14.5 Å². The van der Waals surface area contributed by atoms with E-state index in [1.807, 2.05) is 30.3 Å². The molecular formula is C15H13N3O2. The molecule has 20 heavy (non-hydrogen) atoms. The minimum atomic E-state index is -0.424. The Morgan fingerprint density at radius 3 is 2.85 bits per heavy atom. The predicted molar refractivity (Wildman–Crippen MR) is 74.8 cm³/mol. The molecule has 0 spiro atoms. The molecule has 0 aliphatic heterocycles. The van der Waals surface area contributed by atoms with Crippen LogP contribution in [0.3, 0.4) is 0 Å². The summed E-state index contributed by atoms with van der Waals surface area (Å²) in [5.74, 6) is 0.291. The van der Waals surface area contributed by atoms with E-state index >= 15 is 0 Å². The average molecular weight is 267 g/mol. The zero-order valence-corrected chi connectivity index (χ0v) is 11.0. The minimum Gasteiger partial charge on any atom is -0.461 e. The third-order valence-electron chi connectivity index (χ3n) is 2.95. The Morgan fingerprint density at radius 2 is 2.05 bits per heavy atom. The van der Waals surface area contributed by atoms with Gasteiger partial charge in [-0.05, 0) is 18.4 Å². The quantitative estimate of drug-likeness (QED) is 0.684. The maximum absolute atomic E-state index is 11.6. The van der Waals surface area contributed by atoms with Crippen molar-refractivity contribution in [2.45, 2.75) is 6.92 Å². The minimum absolute atomic E-state index is 0.279. The fourth-order valence-electron chi connectivity index (χ4n) is 1.97. The van der Waals surface area contributed by atoms with Crippen molar-refractivity contribution < 1.29 is 9.53 Å². The Bertz CT molecular complexity index is 764. The lowest BCUT2D eigenvalue weighted by atomic mass is 10.2. The van der Waals surface area contributed by atoms with Crippen molar-refractivity contribution in [1.29, 1.82) is 0 Å². The number of benzene rings is 1. The van der Waals surface area contributed by atoms with Gasteiger partial charge in [-0.1, -0.05) is 24.3 Å². The summed E-state index contributed by atoms with van der Waals surface area (Å²) in [6, 6.07) is 9.92. The second kappa shape index (κ2) is 5.13. The molecule has 0 saturated heterocycles. The van der Waals surface area contributed by atoms with E-state index in [0.717, 1.165) is 10.8 Å². The number of ether oxygens (including phenoxy) is 1. The van der Waals surface area contributed by atoms with Gasteiger partial charge in [0.25, 0.3) is 0 Å². The Morgan fingerprint density at radius 1 is 1.25 bits per heavy atom. The van der Waals surface area contributed by atoms with Gasteiger partial charge in [-0.25, -0.2) is 14.8 Å². The van der Waals surface area contributed by atoms with E-state index in [2.05, 4.69) is 9.97 Å². The summed E-state index contributed by atoms with van der Waals surface area (Å²) in [5, 5.41) is 2.16. The fourth-order valence-corrected chi connectivity index (χ4v) is 1.97. The number of carbonyl (C=O) groups is 1. The van der Waals surface area contributed by atoms with Crippen LogP contribution in [-0.2, 0) is 4.74 Å². The van der Waals surface area contributed by atoms with E-state index < -0.39 is 5.97 Å². The third-order valence-corrected chi connectivity index (χ3v) is 2.95. The summed E-state index contributed by atoms with van der Waals surface area (Å²) in [6.07, 6.45) is 4.98. The number of carbonyl (C=O) groups excluding carboxylic acids is 1. The van der Waals surface area contributed by atoms with Gasteiger partial charge < -0.3 is 4.74 Å². The first-order chi connectivity index (χ1) is 9.78. The Hall–Kier alpha value is -2.69. The first-order valence-corrected chi connectivity index (χ1v) is 6.34. The number of fused-ring (bicyclic) bond motifs is 1. The number of hydrogen-bond acceptors (Lipinski definition) is 4. The van der Waals surface area contributed by atoms with Gasteiger partial charge in [0.2, 0.25) is 0 Å². The number of pyridine rings is 1. The highest BCUT2D eigenvalue weighted by Gasteiger charge is 2.11. The van der Waals surface area contributed by atoms with Crippen molar-refractivity contribution in [3.8, 4) is 5.82 Å². The van der Waals surface area contributed by atoms with Gasteiger partial charge in [-0.15, -0.1) is 0 Å². The van der Waals surface area contributed by atoms with Gasteiger partial charge in [-0.2, -0.15) is 0 Å². The normalized spacial score (nSPS) is 10.7. The number of hydrogen-bond donors (Lipinski definition) is 0. The Labute approximate surface area is 115 Å². The highest BCUT2D eigenvalue weighted by molar-refractivity contribution is 5.87. The van der Waals surface area contributed by atoms with E-state index in [4.69, 9.17) is 4.74 Å².